The number of hydrogen-bond acceptors (Lipinski definition) is 3. The molecule has 21 heavy (non-hydrogen) atoms. The number of Topliss-reactive ketones (excluding diaryl/α,β-unsaturated/α-hetero) is 1. The van der Waals surface area contributed by atoms with E-state index in [-0.39, 0.29) is 11.2 Å². The monoisotopic (exact) mass is 306 g/mol. The van der Waals surface area contributed by atoms with Crippen LogP contribution in [0, 0.1) is 5.41 Å². The minimum absolute atomic E-state index is 0.00615. The van der Waals surface area contributed by atoms with Crippen molar-refractivity contribution in [1.82, 2.24) is 4.90 Å². The molecule has 3 nitrogen and oxygen atoms in total. The Hall–Kier alpha value is -1.32. The Morgan fingerprint density at radius 1 is 1.29 bits per heavy atom. The second kappa shape index (κ2) is 6.20. The smallest absolute Gasteiger partial charge is 0.162 e. The number of halogens is 1. The largest absolute Gasteiger partial charge is 0.358 e. The molecule has 4 heteroatoms. The van der Waals surface area contributed by atoms with E-state index in [1.807, 2.05) is 43.3 Å². The van der Waals surface area contributed by atoms with Crippen molar-refractivity contribution in [2.45, 2.75) is 26.7 Å². The molecule has 0 bridgehead atoms. The molecule has 0 aromatic heterocycles. The van der Waals surface area contributed by atoms with Crippen LogP contribution in [0.3, 0.4) is 0 Å². The molecule has 1 aromatic rings. The van der Waals surface area contributed by atoms with Gasteiger partial charge < -0.3 is 10.2 Å². The van der Waals surface area contributed by atoms with Gasteiger partial charge in [0.2, 0.25) is 0 Å². The summed E-state index contributed by atoms with van der Waals surface area (Å²) in [7, 11) is 3.97. The van der Waals surface area contributed by atoms with E-state index >= 15 is 0 Å². The third kappa shape index (κ3) is 4.32. The van der Waals surface area contributed by atoms with Gasteiger partial charge in [0.15, 0.2) is 5.78 Å². The van der Waals surface area contributed by atoms with Crippen LogP contribution in [0.2, 0.25) is 5.02 Å². The summed E-state index contributed by atoms with van der Waals surface area (Å²) >= 11 is 6.04. The van der Waals surface area contributed by atoms with Crippen LogP contribution in [0.1, 0.15) is 26.7 Å². The first-order valence-corrected chi connectivity index (χ1v) is 7.57. The molecule has 2 rings (SSSR count). The molecule has 0 unspecified atom stereocenters. The Morgan fingerprint density at radius 3 is 2.62 bits per heavy atom. The molecule has 0 atom stereocenters. The fourth-order valence-electron chi connectivity index (χ4n) is 2.72. The van der Waals surface area contributed by atoms with Crippen LogP contribution in [0.25, 0.3) is 0 Å². The van der Waals surface area contributed by atoms with Crippen molar-refractivity contribution >= 4 is 23.1 Å². The highest BCUT2D eigenvalue weighted by molar-refractivity contribution is 6.30. The van der Waals surface area contributed by atoms with Crippen LogP contribution in [0.4, 0.5) is 5.69 Å². The number of nitrogens with zero attached hydrogens (tertiary/aromatic N) is 1. The zero-order valence-electron chi connectivity index (χ0n) is 13.2. The molecule has 1 aliphatic rings. The Morgan fingerprint density at radius 2 is 2.00 bits per heavy atom. The van der Waals surface area contributed by atoms with Gasteiger partial charge in [-0.1, -0.05) is 31.5 Å². The number of likely N-dealkylation sites (N-methyl/N-ethyl adjacent to an activating group) is 1. The quantitative estimate of drug-likeness (QED) is 0.914. The van der Waals surface area contributed by atoms with Gasteiger partial charge in [-0.25, -0.2) is 0 Å². The van der Waals surface area contributed by atoms with Gasteiger partial charge in [0, 0.05) is 34.9 Å². The van der Waals surface area contributed by atoms with Gasteiger partial charge in [0.25, 0.3) is 0 Å². The molecular weight excluding hydrogens is 284 g/mol. The Balaban J connectivity index is 2.34. The second-order valence-corrected chi connectivity index (χ2v) is 7.21. The van der Waals surface area contributed by atoms with Crippen LogP contribution >= 0.6 is 11.6 Å². The Labute approximate surface area is 132 Å². The van der Waals surface area contributed by atoms with Crippen molar-refractivity contribution in [3.05, 3.63) is 40.6 Å². The first-order valence-electron chi connectivity index (χ1n) is 7.19. The fourth-order valence-corrected chi connectivity index (χ4v) is 2.91. The number of anilines is 1. The molecule has 0 saturated heterocycles. The van der Waals surface area contributed by atoms with Gasteiger partial charge in [-0.2, -0.15) is 0 Å². The first kappa shape index (κ1) is 16.1. The average molecular weight is 307 g/mol. The normalized spacial score (nSPS) is 18.3. The zero-order valence-corrected chi connectivity index (χ0v) is 13.9. The van der Waals surface area contributed by atoms with E-state index < -0.39 is 0 Å². The minimum atomic E-state index is -0.00615. The van der Waals surface area contributed by atoms with E-state index in [1.54, 1.807) is 0 Å². The fraction of sp³-hybridized carbons (Fsp3) is 0.471. The molecule has 0 radical (unpaired) electrons. The number of nitrogens with one attached hydrogen (secondary N) is 1. The summed E-state index contributed by atoms with van der Waals surface area (Å²) in [5.74, 6) is 0.240. The number of benzene rings is 1. The lowest BCUT2D eigenvalue weighted by Crippen LogP contribution is -2.32. The maximum atomic E-state index is 12.5. The summed E-state index contributed by atoms with van der Waals surface area (Å²) in [5, 5.41) is 4.10. The number of rotatable bonds is 4. The van der Waals surface area contributed by atoms with Crippen molar-refractivity contribution in [3.8, 4) is 0 Å². The summed E-state index contributed by atoms with van der Waals surface area (Å²) in [6.07, 6.45) is 1.48. The van der Waals surface area contributed by atoms with Crippen LogP contribution in [0.5, 0.6) is 0 Å². The molecule has 0 aliphatic heterocycles. The van der Waals surface area contributed by atoms with Gasteiger partial charge in [-0.05, 0) is 44.1 Å². The number of carbonyl (C=O) groups is 1. The number of carbonyl (C=O) groups excluding carboxylic acids is 1. The number of allylic oxidation sites excluding steroid dienone is 1. The molecule has 1 N–H and O–H groups in total. The number of ketones is 1. The molecule has 0 heterocycles. The third-order valence-corrected chi connectivity index (χ3v) is 3.82. The van der Waals surface area contributed by atoms with Gasteiger partial charge >= 0.3 is 0 Å². The topological polar surface area (TPSA) is 32.3 Å². The maximum Gasteiger partial charge on any atom is 0.162 e. The van der Waals surface area contributed by atoms with E-state index in [0.717, 1.165) is 23.4 Å². The molecular formula is C17H23ClN2O. The van der Waals surface area contributed by atoms with E-state index in [4.69, 9.17) is 11.6 Å². The summed E-state index contributed by atoms with van der Waals surface area (Å²) in [6.45, 7) is 4.94. The molecule has 0 fully saturated rings. The summed E-state index contributed by atoms with van der Waals surface area (Å²) in [4.78, 5) is 14.5. The van der Waals surface area contributed by atoms with E-state index in [2.05, 4.69) is 19.2 Å². The maximum absolute atomic E-state index is 12.5. The SMILES string of the molecule is CN(C)CC1=C(Nc2cccc(Cl)c2)CC(C)(C)CC1=O. The second-order valence-electron chi connectivity index (χ2n) is 6.77. The highest BCUT2D eigenvalue weighted by Crippen LogP contribution is 2.37. The van der Waals surface area contributed by atoms with Crippen LogP contribution in [0.15, 0.2) is 35.5 Å². The van der Waals surface area contributed by atoms with Gasteiger partial charge in [0.05, 0.1) is 0 Å². The summed E-state index contributed by atoms with van der Waals surface area (Å²) in [5.41, 5.74) is 2.83. The average Bonchev–Trinajstić information content (AvgIpc) is 2.32. The lowest BCUT2D eigenvalue weighted by Gasteiger charge is -2.33. The van der Waals surface area contributed by atoms with Crippen molar-refractivity contribution in [1.29, 1.82) is 0 Å². The Kier molecular flexibility index (Phi) is 4.74. The van der Waals surface area contributed by atoms with Gasteiger partial charge in [-0.3, -0.25) is 4.79 Å². The van der Waals surface area contributed by atoms with Gasteiger partial charge in [-0.15, -0.1) is 0 Å². The van der Waals surface area contributed by atoms with Gasteiger partial charge in [0.1, 0.15) is 0 Å². The lowest BCUT2D eigenvalue weighted by atomic mass is 9.75. The molecule has 0 spiro atoms. The van der Waals surface area contributed by atoms with Crippen molar-refractivity contribution in [2.75, 3.05) is 26.0 Å². The predicted octanol–water partition coefficient (Wildman–Crippen LogP) is 3.96. The van der Waals surface area contributed by atoms with E-state index in [1.165, 1.54) is 0 Å². The number of hydrogen-bond donors (Lipinski definition) is 1. The molecule has 0 amide bonds. The first-order chi connectivity index (χ1) is 9.77. The van der Waals surface area contributed by atoms with E-state index in [0.29, 0.717) is 18.0 Å². The van der Waals surface area contributed by atoms with Crippen LogP contribution in [-0.4, -0.2) is 31.3 Å². The summed E-state index contributed by atoms with van der Waals surface area (Å²) < 4.78 is 0. The highest BCUT2D eigenvalue weighted by Gasteiger charge is 2.33. The molecule has 114 valence electrons. The summed E-state index contributed by atoms with van der Waals surface area (Å²) in [6, 6.07) is 7.61. The predicted molar refractivity (Wildman–Crippen MR) is 88.7 cm³/mol. The Bertz CT molecular complexity index is 576. The standard InChI is InChI=1S/C17H23ClN2O/c1-17(2)9-15(14(11-20(3)4)16(21)10-17)19-13-7-5-6-12(18)8-13/h5-8,19H,9-11H2,1-4H3. The molecule has 1 aromatic carbocycles. The highest BCUT2D eigenvalue weighted by atomic mass is 35.5. The van der Waals surface area contributed by atoms with E-state index in [9.17, 15) is 4.79 Å². The van der Waals surface area contributed by atoms with Crippen molar-refractivity contribution in [3.63, 3.8) is 0 Å². The van der Waals surface area contributed by atoms with Crippen molar-refractivity contribution < 1.29 is 4.79 Å². The lowest BCUT2D eigenvalue weighted by molar-refractivity contribution is -0.118. The van der Waals surface area contributed by atoms with Crippen molar-refractivity contribution in [2.24, 2.45) is 5.41 Å². The molecule has 0 saturated carbocycles. The molecule has 1 aliphatic carbocycles. The zero-order chi connectivity index (χ0) is 15.6. The third-order valence-electron chi connectivity index (χ3n) is 3.59. The minimum Gasteiger partial charge on any atom is -0.358 e. The van der Waals surface area contributed by atoms with Crippen LogP contribution < -0.4 is 5.32 Å². The van der Waals surface area contributed by atoms with Crippen LogP contribution in [-0.2, 0) is 4.79 Å².